The summed E-state index contributed by atoms with van der Waals surface area (Å²) < 4.78 is 10.2. The van der Waals surface area contributed by atoms with E-state index in [2.05, 4.69) is 5.32 Å². The molecular formula is C20H23NO5. The topological polar surface area (TPSA) is 84.9 Å². The van der Waals surface area contributed by atoms with Crippen LogP contribution in [0.4, 0.5) is 5.69 Å². The number of rotatable bonds is 9. The molecule has 2 rings (SSSR count). The normalized spacial score (nSPS) is 11.5. The number of para-hydroxylation sites is 1. The van der Waals surface area contributed by atoms with Gasteiger partial charge in [-0.1, -0.05) is 42.5 Å². The van der Waals surface area contributed by atoms with Crippen LogP contribution in [-0.2, 0) is 20.9 Å². The molecule has 0 unspecified atom stereocenters. The lowest BCUT2D eigenvalue weighted by Crippen LogP contribution is -2.31. The minimum Gasteiger partial charge on any atom is -0.467 e. The predicted molar refractivity (Wildman–Crippen MR) is 97.8 cm³/mol. The highest BCUT2D eigenvalue weighted by Crippen LogP contribution is 2.19. The summed E-state index contributed by atoms with van der Waals surface area (Å²) in [4.78, 5) is 24.4. The van der Waals surface area contributed by atoms with Gasteiger partial charge in [0.25, 0.3) is 0 Å². The van der Waals surface area contributed by atoms with Gasteiger partial charge in [-0.2, -0.15) is 0 Å². The highest BCUT2D eigenvalue weighted by Gasteiger charge is 2.21. The van der Waals surface area contributed by atoms with Crippen molar-refractivity contribution >= 4 is 17.6 Å². The number of aliphatic hydroxyl groups excluding tert-OH is 1. The van der Waals surface area contributed by atoms with Crippen LogP contribution in [0.25, 0.3) is 0 Å². The van der Waals surface area contributed by atoms with Gasteiger partial charge in [-0.05, 0) is 30.5 Å². The second-order valence-electron chi connectivity index (χ2n) is 5.69. The van der Waals surface area contributed by atoms with E-state index in [9.17, 15) is 9.59 Å². The highest BCUT2D eigenvalue weighted by atomic mass is 16.5. The Bertz CT molecular complexity index is 717. The molecule has 2 aromatic carbocycles. The number of benzene rings is 2. The fraction of sp³-hybridized carbons (Fsp3) is 0.300. The van der Waals surface area contributed by atoms with Crippen molar-refractivity contribution in [2.75, 3.05) is 19.0 Å². The second kappa shape index (κ2) is 10.2. The molecule has 0 saturated heterocycles. The van der Waals surface area contributed by atoms with Gasteiger partial charge in [-0.25, -0.2) is 9.59 Å². The molecule has 0 spiro atoms. The van der Waals surface area contributed by atoms with Gasteiger partial charge in [0, 0.05) is 12.3 Å². The molecule has 0 radical (unpaired) electrons. The molecule has 0 aliphatic carbocycles. The smallest absolute Gasteiger partial charge is 0.340 e. The van der Waals surface area contributed by atoms with Crippen LogP contribution >= 0.6 is 0 Å². The molecule has 6 heteroatoms. The Morgan fingerprint density at radius 3 is 2.46 bits per heavy atom. The van der Waals surface area contributed by atoms with Crippen LogP contribution in [0.1, 0.15) is 28.8 Å². The molecule has 2 aromatic rings. The third kappa shape index (κ3) is 5.60. The Morgan fingerprint density at radius 1 is 1.08 bits per heavy atom. The third-order valence-electron chi connectivity index (χ3n) is 3.83. The maximum absolute atomic E-state index is 12.5. The van der Waals surface area contributed by atoms with Crippen molar-refractivity contribution in [1.29, 1.82) is 0 Å². The molecule has 0 aliphatic heterocycles. The van der Waals surface area contributed by atoms with E-state index in [1.807, 2.05) is 30.3 Å². The SMILES string of the molecule is COC(=O)[C@@H](CCCO)Nc1ccccc1C(=O)OCc1ccccc1. The number of ether oxygens (including phenoxy) is 2. The summed E-state index contributed by atoms with van der Waals surface area (Å²) >= 11 is 0. The number of nitrogens with one attached hydrogen (secondary N) is 1. The number of esters is 2. The van der Waals surface area contributed by atoms with Crippen LogP contribution in [0.15, 0.2) is 54.6 Å². The highest BCUT2D eigenvalue weighted by molar-refractivity contribution is 5.96. The van der Waals surface area contributed by atoms with Gasteiger partial charge in [0.1, 0.15) is 12.6 Å². The fourth-order valence-electron chi connectivity index (χ4n) is 2.46. The van der Waals surface area contributed by atoms with Crippen molar-refractivity contribution in [3.63, 3.8) is 0 Å². The molecule has 26 heavy (non-hydrogen) atoms. The number of aliphatic hydroxyl groups is 1. The molecule has 0 aliphatic rings. The van der Waals surface area contributed by atoms with E-state index in [-0.39, 0.29) is 13.2 Å². The molecule has 1 atom stereocenters. The van der Waals surface area contributed by atoms with Crippen LogP contribution in [-0.4, -0.2) is 36.8 Å². The van der Waals surface area contributed by atoms with E-state index in [1.54, 1.807) is 24.3 Å². The molecule has 0 aromatic heterocycles. The minimum absolute atomic E-state index is 0.0318. The summed E-state index contributed by atoms with van der Waals surface area (Å²) in [6.07, 6.45) is 0.823. The molecule has 0 bridgehead atoms. The van der Waals surface area contributed by atoms with Gasteiger partial charge in [0.2, 0.25) is 0 Å². The van der Waals surface area contributed by atoms with E-state index in [4.69, 9.17) is 14.6 Å². The van der Waals surface area contributed by atoms with Crippen molar-refractivity contribution in [1.82, 2.24) is 0 Å². The lowest BCUT2D eigenvalue weighted by Gasteiger charge is -2.19. The number of hydrogen-bond acceptors (Lipinski definition) is 6. The van der Waals surface area contributed by atoms with Crippen molar-refractivity contribution < 1.29 is 24.2 Å². The Balaban J connectivity index is 2.09. The lowest BCUT2D eigenvalue weighted by atomic mass is 10.1. The molecular weight excluding hydrogens is 334 g/mol. The van der Waals surface area contributed by atoms with Crippen LogP contribution in [0, 0.1) is 0 Å². The predicted octanol–water partition coefficient (Wildman–Crippen LogP) is 2.77. The van der Waals surface area contributed by atoms with E-state index < -0.39 is 18.0 Å². The van der Waals surface area contributed by atoms with E-state index in [0.29, 0.717) is 24.1 Å². The van der Waals surface area contributed by atoms with Crippen LogP contribution < -0.4 is 5.32 Å². The van der Waals surface area contributed by atoms with Crippen LogP contribution in [0.2, 0.25) is 0 Å². The maximum Gasteiger partial charge on any atom is 0.340 e. The fourth-order valence-corrected chi connectivity index (χ4v) is 2.46. The van der Waals surface area contributed by atoms with Gasteiger partial charge < -0.3 is 19.9 Å². The molecule has 0 heterocycles. The number of carbonyl (C=O) groups is 2. The average molecular weight is 357 g/mol. The van der Waals surface area contributed by atoms with Crippen molar-refractivity contribution in [3.8, 4) is 0 Å². The zero-order valence-electron chi connectivity index (χ0n) is 14.7. The summed E-state index contributed by atoms with van der Waals surface area (Å²) in [7, 11) is 1.30. The largest absolute Gasteiger partial charge is 0.467 e. The summed E-state index contributed by atoms with van der Waals surface area (Å²) in [5.74, 6) is -0.936. The number of methoxy groups -OCH3 is 1. The van der Waals surface area contributed by atoms with Gasteiger partial charge in [0.15, 0.2) is 0 Å². The summed E-state index contributed by atoms with van der Waals surface area (Å²) in [6, 6.07) is 15.6. The standard InChI is InChI=1S/C20H23NO5/c1-25-20(24)18(12-7-13-22)21-17-11-6-5-10-16(17)19(23)26-14-15-8-3-2-4-9-15/h2-6,8-11,18,21-22H,7,12-14H2,1H3/t18-/m1/s1. The zero-order chi connectivity index (χ0) is 18.8. The number of carbonyl (C=O) groups excluding carboxylic acids is 2. The minimum atomic E-state index is -0.657. The molecule has 2 N–H and O–H groups in total. The van der Waals surface area contributed by atoms with Crippen molar-refractivity contribution in [3.05, 3.63) is 65.7 Å². The summed E-state index contributed by atoms with van der Waals surface area (Å²) in [6.45, 7) is 0.134. The zero-order valence-corrected chi connectivity index (χ0v) is 14.7. The molecule has 0 amide bonds. The molecule has 138 valence electrons. The molecule has 0 fully saturated rings. The van der Waals surface area contributed by atoms with E-state index in [1.165, 1.54) is 7.11 Å². The summed E-state index contributed by atoms with van der Waals surface area (Å²) in [5.41, 5.74) is 1.71. The molecule has 6 nitrogen and oxygen atoms in total. The first-order valence-corrected chi connectivity index (χ1v) is 8.41. The Hall–Kier alpha value is -2.86. The second-order valence-corrected chi connectivity index (χ2v) is 5.69. The van der Waals surface area contributed by atoms with Crippen molar-refractivity contribution in [2.24, 2.45) is 0 Å². The van der Waals surface area contributed by atoms with E-state index >= 15 is 0 Å². The van der Waals surface area contributed by atoms with E-state index in [0.717, 1.165) is 5.56 Å². The maximum atomic E-state index is 12.5. The lowest BCUT2D eigenvalue weighted by molar-refractivity contribution is -0.141. The Kier molecular flexibility index (Phi) is 7.64. The molecule has 0 saturated carbocycles. The van der Waals surface area contributed by atoms with Gasteiger partial charge in [-0.3, -0.25) is 0 Å². The first-order valence-electron chi connectivity index (χ1n) is 8.41. The monoisotopic (exact) mass is 357 g/mol. The first kappa shape index (κ1) is 19.5. The van der Waals surface area contributed by atoms with Crippen LogP contribution in [0.3, 0.4) is 0 Å². The third-order valence-corrected chi connectivity index (χ3v) is 3.83. The van der Waals surface area contributed by atoms with Crippen LogP contribution in [0.5, 0.6) is 0 Å². The number of hydrogen-bond donors (Lipinski definition) is 2. The van der Waals surface area contributed by atoms with Gasteiger partial charge >= 0.3 is 11.9 Å². The Morgan fingerprint density at radius 2 is 1.77 bits per heavy atom. The quantitative estimate of drug-likeness (QED) is 0.671. The first-order chi connectivity index (χ1) is 12.7. The Labute approximate surface area is 152 Å². The van der Waals surface area contributed by atoms with Gasteiger partial charge in [-0.15, -0.1) is 0 Å². The average Bonchev–Trinajstić information content (AvgIpc) is 2.69. The van der Waals surface area contributed by atoms with Crippen molar-refractivity contribution in [2.45, 2.75) is 25.5 Å². The van der Waals surface area contributed by atoms with Gasteiger partial charge in [0.05, 0.1) is 12.7 Å². The summed E-state index contributed by atoms with van der Waals surface area (Å²) in [5, 5.41) is 12.0. The number of anilines is 1.